The molecule has 0 bridgehead atoms. The first-order valence-corrected chi connectivity index (χ1v) is 7.38. The first-order valence-electron chi connectivity index (χ1n) is 7.38. The fourth-order valence-electron chi connectivity index (χ4n) is 3.28. The van der Waals surface area contributed by atoms with E-state index >= 15 is 0 Å². The van der Waals surface area contributed by atoms with Gasteiger partial charge in [-0.1, -0.05) is 5.16 Å². The minimum Gasteiger partial charge on any atom is -0.338 e. The van der Waals surface area contributed by atoms with E-state index in [-0.39, 0.29) is 11.9 Å². The maximum absolute atomic E-state index is 12.4. The van der Waals surface area contributed by atoms with Gasteiger partial charge in [0.05, 0.1) is 6.04 Å². The number of likely N-dealkylation sites (tertiary alicyclic amines) is 1. The Kier molecular flexibility index (Phi) is 4.17. The Morgan fingerprint density at radius 1 is 1.24 bits per heavy atom. The van der Waals surface area contributed by atoms with E-state index in [1.165, 1.54) is 0 Å². The normalized spacial score (nSPS) is 25.6. The molecule has 8 heteroatoms. The van der Waals surface area contributed by atoms with E-state index in [0.717, 1.165) is 45.3 Å². The van der Waals surface area contributed by atoms with Crippen LogP contribution in [0.2, 0.25) is 0 Å². The van der Waals surface area contributed by atoms with Gasteiger partial charge >= 0.3 is 6.18 Å². The molecule has 1 unspecified atom stereocenters. The van der Waals surface area contributed by atoms with Crippen LogP contribution in [0.4, 0.5) is 13.2 Å². The molecule has 0 aliphatic carbocycles. The van der Waals surface area contributed by atoms with Crippen LogP contribution in [0.1, 0.15) is 43.4 Å². The fourth-order valence-corrected chi connectivity index (χ4v) is 3.28. The minimum atomic E-state index is -4.30. The second kappa shape index (κ2) is 5.92. The molecule has 1 aromatic heterocycles. The third-order valence-electron chi connectivity index (χ3n) is 4.20. The third kappa shape index (κ3) is 3.55. The number of rotatable bonds is 3. The molecule has 2 fully saturated rings. The molecule has 0 radical (unpaired) electrons. The highest BCUT2D eigenvalue weighted by molar-refractivity contribution is 4.99. The van der Waals surface area contributed by atoms with Gasteiger partial charge in [0.2, 0.25) is 5.89 Å². The van der Waals surface area contributed by atoms with Gasteiger partial charge in [-0.05, 0) is 45.3 Å². The molecule has 118 valence electrons. The molecular formula is C13H19F3N4O. The van der Waals surface area contributed by atoms with Crippen molar-refractivity contribution >= 4 is 0 Å². The summed E-state index contributed by atoms with van der Waals surface area (Å²) in [5.41, 5.74) is 0. The topological polar surface area (TPSA) is 54.2 Å². The molecule has 2 saturated heterocycles. The van der Waals surface area contributed by atoms with Crippen LogP contribution in [0, 0.1) is 0 Å². The highest BCUT2D eigenvalue weighted by atomic mass is 19.4. The van der Waals surface area contributed by atoms with Gasteiger partial charge in [-0.2, -0.15) is 18.2 Å². The number of halogens is 3. The van der Waals surface area contributed by atoms with Crippen LogP contribution in [-0.4, -0.2) is 46.9 Å². The smallest absolute Gasteiger partial charge is 0.338 e. The molecule has 3 heterocycles. The van der Waals surface area contributed by atoms with Crippen LogP contribution in [0.15, 0.2) is 4.52 Å². The van der Waals surface area contributed by atoms with Gasteiger partial charge in [0, 0.05) is 6.04 Å². The molecule has 1 atom stereocenters. The lowest BCUT2D eigenvalue weighted by Crippen LogP contribution is -2.42. The average molecular weight is 304 g/mol. The second-order valence-electron chi connectivity index (χ2n) is 5.72. The minimum absolute atomic E-state index is 0.0254. The molecule has 5 nitrogen and oxygen atoms in total. The molecule has 2 aliphatic heterocycles. The highest BCUT2D eigenvalue weighted by Gasteiger charge is 2.37. The molecule has 1 N–H and O–H groups in total. The first kappa shape index (κ1) is 14.8. The van der Waals surface area contributed by atoms with Crippen molar-refractivity contribution in [2.75, 3.05) is 19.6 Å². The van der Waals surface area contributed by atoms with Crippen molar-refractivity contribution in [3.63, 3.8) is 0 Å². The highest BCUT2D eigenvalue weighted by Crippen LogP contribution is 2.35. The predicted molar refractivity (Wildman–Crippen MR) is 68.6 cm³/mol. The molecule has 0 spiro atoms. The summed E-state index contributed by atoms with van der Waals surface area (Å²) in [6.45, 7) is 2.92. The number of nitrogens with one attached hydrogen (secondary N) is 1. The lowest BCUT2D eigenvalue weighted by atomic mass is 10.0. The fraction of sp³-hybridized carbons (Fsp3) is 0.846. The van der Waals surface area contributed by atoms with Gasteiger partial charge < -0.3 is 9.84 Å². The zero-order valence-electron chi connectivity index (χ0n) is 11.7. The largest absolute Gasteiger partial charge is 0.396 e. The van der Waals surface area contributed by atoms with Crippen LogP contribution < -0.4 is 5.32 Å². The van der Waals surface area contributed by atoms with Crippen LogP contribution in [0.25, 0.3) is 0 Å². The maximum atomic E-state index is 12.4. The van der Waals surface area contributed by atoms with E-state index in [1.54, 1.807) is 0 Å². The SMILES string of the molecule is FC(F)(F)Cc1noc(C2CCCN2C2CCNCC2)n1. The van der Waals surface area contributed by atoms with Gasteiger partial charge in [0.1, 0.15) is 6.42 Å². The number of alkyl halides is 3. The third-order valence-corrected chi connectivity index (χ3v) is 4.20. The Morgan fingerprint density at radius 3 is 2.71 bits per heavy atom. The Labute approximate surface area is 120 Å². The average Bonchev–Trinajstić information content (AvgIpc) is 3.06. The lowest BCUT2D eigenvalue weighted by molar-refractivity contribution is -0.128. The van der Waals surface area contributed by atoms with E-state index < -0.39 is 12.6 Å². The van der Waals surface area contributed by atoms with Crippen LogP contribution in [0.3, 0.4) is 0 Å². The van der Waals surface area contributed by atoms with Crippen LogP contribution in [0.5, 0.6) is 0 Å². The summed E-state index contributed by atoms with van der Waals surface area (Å²) < 4.78 is 42.2. The van der Waals surface area contributed by atoms with Crippen molar-refractivity contribution in [3.8, 4) is 0 Å². The zero-order valence-corrected chi connectivity index (χ0v) is 11.7. The predicted octanol–water partition coefficient (Wildman–Crippen LogP) is 2.06. The summed E-state index contributed by atoms with van der Waals surface area (Å²) >= 11 is 0. The van der Waals surface area contributed by atoms with E-state index in [1.807, 2.05) is 0 Å². The first-order chi connectivity index (χ1) is 10.0. The number of nitrogens with zero attached hydrogens (tertiary/aromatic N) is 3. The molecule has 0 amide bonds. The Hall–Kier alpha value is -1.15. The molecule has 1 aromatic rings. The van der Waals surface area contributed by atoms with Crippen molar-refractivity contribution in [2.45, 2.75) is 50.4 Å². The van der Waals surface area contributed by atoms with Crippen molar-refractivity contribution in [1.29, 1.82) is 0 Å². The van der Waals surface area contributed by atoms with Crippen LogP contribution >= 0.6 is 0 Å². The zero-order chi connectivity index (χ0) is 14.9. The molecule has 0 aromatic carbocycles. The molecule has 21 heavy (non-hydrogen) atoms. The van der Waals surface area contributed by atoms with Crippen molar-refractivity contribution in [1.82, 2.24) is 20.4 Å². The Morgan fingerprint density at radius 2 is 2.00 bits per heavy atom. The quantitative estimate of drug-likeness (QED) is 0.926. The van der Waals surface area contributed by atoms with Crippen molar-refractivity contribution in [2.24, 2.45) is 0 Å². The van der Waals surface area contributed by atoms with E-state index in [9.17, 15) is 13.2 Å². The standard InChI is InChI=1S/C13H19F3N4O/c14-13(15,16)8-11-18-12(21-19-11)10-2-1-7-20(10)9-3-5-17-6-4-9/h9-10,17H,1-8H2. The summed E-state index contributed by atoms with van der Waals surface area (Å²) in [5.74, 6) is 0.0694. The van der Waals surface area contributed by atoms with Gasteiger partial charge in [0.25, 0.3) is 0 Å². The summed E-state index contributed by atoms with van der Waals surface area (Å²) in [5, 5.41) is 6.80. The van der Waals surface area contributed by atoms with Crippen LogP contribution in [-0.2, 0) is 6.42 Å². The molecule has 2 aliphatic rings. The Bertz CT molecular complexity index is 470. The van der Waals surface area contributed by atoms with Gasteiger partial charge in [0.15, 0.2) is 5.82 Å². The van der Waals surface area contributed by atoms with E-state index in [2.05, 4.69) is 20.4 Å². The van der Waals surface area contributed by atoms with E-state index in [0.29, 0.717) is 11.9 Å². The Balaban J connectivity index is 1.70. The number of hydrogen-bond donors (Lipinski definition) is 1. The molecular weight excluding hydrogens is 285 g/mol. The van der Waals surface area contributed by atoms with E-state index in [4.69, 9.17) is 4.52 Å². The number of aromatic nitrogens is 2. The monoisotopic (exact) mass is 304 g/mol. The number of hydrogen-bond acceptors (Lipinski definition) is 5. The molecule has 0 saturated carbocycles. The molecule has 3 rings (SSSR count). The van der Waals surface area contributed by atoms with Gasteiger partial charge in [-0.25, -0.2) is 0 Å². The summed E-state index contributed by atoms with van der Waals surface area (Å²) in [4.78, 5) is 6.29. The maximum Gasteiger partial charge on any atom is 0.396 e. The lowest BCUT2D eigenvalue weighted by Gasteiger charge is -2.34. The van der Waals surface area contributed by atoms with Gasteiger partial charge in [-0.3, -0.25) is 4.90 Å². The van der Waals surface area contributed by atoms with Crippen molar-refractivity contribution < 1.29 is 17.7 Å². The van der Waals surface area contributed by atoms with Gasteiger partial charge in [-0.15, -0.1) is 0 Å². The van der Waals surface area contributed by atoms with Crippen molar-refractivity contribution in [3.05, 3.63) is 11.7 Å². The summed E-state index contributed by atoms with van der Waals surface area (Å²) in [6, 6.07) is 0.430. The number of piperidine rings is 1. The summed E-state index contributed by atoms with van der Waals surface area (Å²) in [6.07, 6.45) is -1.43. The second-order valence-corrected chi connectivity index (χ2v) is 5.72. The summed E-state index contributed by atoms with van der Waals surface area (Å²) in [7, 11) is 0.